The Hall–Kier alpha value is -1.97. The van der Waals surface area contributed by atoms with Gasteiger partial charge >= 0.3 is 0 Å². The predicted molar refractivity (Wildman–Crippen MR) is 107 cm³/mol. The summed E-state index contributed by atoms with van der Waals surface area (Å²) in [7, 11) is 0. The van der Waals surface area contributed by atoms with Crippen LogP contribution in [0.1, 0.15) is 39.2 Å². The number of allylic oxidation sites excluding steroid dienone is 4. The van der Waals surface area contributed by atoms with E-state index >= 15 is 0 Å². The van der Waals surface area contributed by atoms with Crippen LogP contribution in [0.15, 0.2) is 59.0 Å². The number of thiophene rings is 1. The number of fused-ring (bicyclic) bond motifs is 1. The molecule has 0 spiro atoms. The minimum absolute atomic E-state index is 0.00658. The molecule has 0 radical (unpaired) electrons. The van der Waals surface area contributed by atoms with Gasteiger partial charge in [0.1, 0.15) is 0 Å². The summed E-state index contributed by atoms with van der Waals surface area (Å²) in [6, 6.07) is 8.20. The van der Waals surface area contributed by atoms with Crippen LogP contribution in [0.25, 0.3) is 16.2 Å². The molecule has 1 aliphatic carbocycles. The zero-order chi connectivity index (χ0) is 18.0. The largest absolute Gasteiger partial charge is 0.389 e. The Labute approximate surface area is 153 Å². The number of aliphatic hydroxyl groups is 1. The van der Waals surface area contributed by atoms with E-state index in [0.29, 0.717) is 0 Å². The monoisotopic (exact) mass is 352 g/mol. The fourth-order valence-corrected chi connectivity index (χ4v) is 4.37. The molecule has 0 amide bonds. The van der Waals surface area contributed by atoms with Gasteiger partial charge in [-0.15, -0.1) is 11.3 Å². The fourth-order valence-electron chi connectivity index (χ4n) is 3.44. The molecule has 0 saturated carbocycles. The first-order valence-electron chi connectivity index (χ1n) is 8.64. The maximum atomic E-state index is 12.3. The van der Waals surface area contributed by atoms with Crippen LogP contribution >= 0.6 is 11.3 Å². The molecule has 1 N–H and O–H groups in total. The van der Waals surface area contributed by atoms with Gasteiger partial charge in [0, 0.05) is 4.70 Å². The van der Waals surface area contributed by atoms with Crippen LogP contribution < -0.4 is 0 Å². The van der Waals surface area contributed by atoms with E-state index in [-0.39, 0.29) is 11.2 Å². The van der Waals surface area contributed by atoms with Gasteiger partial charge in [0.25, 0.3) is 0 Å². The van der Waals surface area contributed by atoms with Crippen LogP contribution in [0, 0.1) is 5.41 Å². The van der Waals surface area contributed by atoms with Crippen molar-refractivity contribution in [2.45, 2.75) is 39.7 Å². The Morgan fingerprint density at radius 1 is 1.24 bits per heavy atom. The molecule has 25 heavy (non-hydrogen) atoms. The van der Waals surface area contributed by atoms with Gasteiger partial charge in [-0.3, -0.25) is 4.79 Å². The molecular weight excluding hydrogens is 328 g/mol. The minimum Gasteiger partial charge on any atom is -0.389 e. The third-order valence-electron chi connectivity index (χ3n) is 5.05. The first kappa shape index (κ1) is 17.8. The van der Waals surface area contributed by atoms with Crippen LogP contribution in [-0.2, 0) is 4.79 Å². The molecule has 1 unspecified atom stereocenters. The highest BCUT2D eigenvalue weighted by atomic mass is 32.1. The van der Waals surface area contributed by atoms with Crippen molar-refractivity contribution in [3.05, 3.63) is 64.6 Å². The number of carbonyl (C=O) groups excluding carboxylic acids is 1. The smallest absolute Gasteiger partial charge is 0.178 e. The zero-order valence-electron chi connectivity index (χ0n) is 15.0. The molecule has 1 aromatic heterocycles. The summed E-state index contributed by atoms with van der Waals surface area (Å²) in [6.07, 6.45) is 8.32. The van der Waals surface area contributed by atoms with E-state index in [1.54, 1.807) is 23.5 Å². The average molecular weight is 352 g/mol. The van der Waals surface area contributed by atoms with Crippen molar-refractivity contribution < 1.29 is 9.90 Å². The van der Waals surface area contributed by atoms with Crippen molar-refractivity contribution in [1.29, 1.82) is 0 Å². The Morgan fingerprint density at radius 2 is 1.96 bits per heavy atom. The Bertz CT molecular complexity index is 880. The van der Waals surface area contributed by atoms with Crippen LogP contribution in [0.2, 0.25) is 0 Å². The number of rotatable bonds is 4. The summed E-state index contributed by atoms with van der Waals surface area (Å²) >= 11 is 1.69. The summed E-state index contributed by atoms with van der Waals surface area (Å²) in [5.74, 6) is -0.0357. The molecule has 1 aliphatic rings. The second kappa shape index (κ2) is 7.11. The summed E-state index contributed by atoms with van der Waals surface area (Å²) < 4.78 is 1.23. The molecular formula is C22H24O2S. The summed E-state index contributed by atoms with van der Waals surface area (Å²) in [6.45, 7) is 6.29. The molecule has 0 bridgehead atoms. The van der Waals surface area contributed by atoms with Crippen LogP contribution in [0.3, 0.4) is 0 Å². The standard InChI is InChI=1S/C22H24O2S/c1-15-19(22(2,3)13-12-20(15)24)11-10-17(23)9-8-16-14-25-21-7-5-4-6-18(16)21/h4-11,14,20,24H,12-13H2,1-3H3/b9-8+,11-10+. The third-order valence-corrected chi connectivity index (χ3v) is 6.03. The number of ketones is 1. The molecule has 0 aliphatic heterocycles. The highest BCUT2D eigenvalue weighted by Gasteiger charge is 2.30. The van der Waals surface area contributed by atoms with E-state index in [1.165, 1.54) is 10.1 Å². The Morgan fingerprint density at radius 3 is 2.76 bits per heavy atom. The van der Waals surface area contributed by atoms with Crippen molar-refractivity contribution in [3.63, 3.8) is 0 Å². The van der Waals surface area contributed by atoms with E-state index in [0.717, 1.165) is 29.6 Å². The Kier molecular flexibility index (Phi) is 5.07. The van der Waals surface area contributed by atoms with Crippen LogP contribution in [0.5, 0.6) is 0 Å². The summed E-state index contributed by atoms with van der Waals surface area (Å²) in [5.41, 5.74) is 3.13. The maximum Gasteiger partial charge on any atom is 0.178 e. The van der Waals surface area contributed by atoms with Crippen molar-refractivity contribution in [2.75, 3.05) is 0 Å². The number of aliphatic hydroxyl groups excluding tert-OH is 1. The molecule has 2 nitrogen and oxygen atoms in total. The molecule has 2 aromatic rings. The topological polar surface area (TPSA) is 37.3 Å². The molecule has 130 valence electrons. The molecule has 3 heteroatoms. The van der Waals surface area contributed by atoms with E-state index in [1.807, 2.05) is 31.2 Å². The maximum absolute atomic E-state index is 12.3. The van der Waals surface area contributed by atoms with E-state index < -0.39 is 6.10 Å². The second-order valence-corrected chi connectivity index (χ2v) is 8.20. The first-order valence-corrected chi connectivity index (χ1v) is 9.52. The van der Waals surface area contributed by atoms with E-state index in [9.17, 15) is 9.90 Å². The third kappa shape index (κ3) is 3.83. The summed E-state index contributed by atoms with van der Waals surface area (Å²) in [4.78, 5) is 12.3. The lowest BCUT2D eigenvalue weighted by molar-refractivity contribution is -0.110. The molecule has 1 heterocycles. The highest BCUT2D eigenvalue weighted by Crippen LogP contribution is 2.40. The van der Waals surface area contributed by atoms with Crippen molar-refractivity contribution in [3.8, 4) is 0 Å². The molecule has 0 saturated heterocycles. The number of carbonyl (C=O) groups is 1. The van der Waals surface area contributed by atoms with Gasteiger partial charge in [0.2, 0.25) is 0 Å². The number of hydrogen-bond donors (Lipinski definition) is 1. The van der Waals surface area contributed by atoms with Crippen LogP contribution in [-0.4, -0.2) is 17.0 Å². The predicted octanol–water partition coefficient (Wildman–Crippen LogP) is 5.54. The van der Waals surface area contributed by atoms with Crippen LogP contribution in [0.4, 0.5) is 0 Å². The lowest BCUT2D eigenvalue weighted by Crippen LogP contribution is -2.27. The van der Waals surface area contributed by atoms with Gasteiger partial charge in [-0.05, 0) is 77.0 Å². The van der Waals surface area contributed by atoms with Gasteiger partial charge < -0.3 is 5.11 Å². The number of benzene rings is 1. The molecule has 1 atom stereocenters. The lowest BCUT2D eigenvalue weighted by Gasteiger charge is -2.35. The SMILES string of the molecule is CC1=C(/C=C/C(=O)/C=C/c2csc3ccccc23)C(C)(C)CCC1O. The van der Waals surface area contributed by atoms with Crippen molar-refractivity contribution >= 4 is 33.3 Å². The van der Waals surface area contributed by atoms with Gasteiger partial charge in [-0.1, -0.05) is 38.1 Å². The van der Waals surface area contributed by atoms with Crippen molar-refractivity contribution in [1.82, 2.24) is 0 Å². The average Bonchev–Trinajstić information content (AvgIpc) is 3.00. The minimum atomic E-state index is -0.393. The zero-order valence-corrected chi connectivity index (χ0v) is 15.8. The lowest BCUT2D eigenvalue weighted by atomic mass is 9.71. The summed E-state index contributed by atoms with van der Waals surface area (Å²) in [5, 5.41) is 13.3. The van der Waals surface area contributed by atoms with Gasteiger partial charge in [0.05, 0.1) is 6.10 Å². The van der Waals surface area contributed by atoms with Gasteiger partial charge in [0.15, 0.2) is 5.78 Å². The van der Waals surface area contributed by atoms with Gasteiger partial charge in [-0.25, -0.2) is 0 Å². The molecule has 1 aromatic carbocycles. The van der Waals surface area contributed by atoms with E-state index in [4.69, 9.17) is 0 Å². The van der Waals surface area contributed by atoms with Gasteiger partial charge in [-0.2, -0.15) is 0 Å². The Balaban J connectivity index is 1.78. The second-order valence-electron chi connectivity index (χ2n) is 7.29. The highest BCUT2D eigenvalue weighted by molar-refractivity contribution is 7.17. The fraction of sp³-hybridized carbons (Fsp3) is 0.318. The first-order chi connectivity index (χ1) is 11.9. The van der Waals surface area contributed by atoms with E-state index in [2.05, 4.69) is 31.4 Å². The molecule has 0 fully saturated rings. The normalized spacial score (nSPS) is 20.9. The van der Waals surface area contributed by atoms with Crippen molar-refractivity contribution in [2.24, 2.45) is 5.41 Å². The number of hydrogen-bond acceptors (Lipinski definition) is 3. The quantitative estimate of drug-likeness (QED) is 0.734. The molecule has 3 rings (SSSR count).